The van der Waals surface area contributed by atoms with Crippen LogP contribution >= 0.6 is 22.9 Å². The first-order chi connectivity index (χ1) is 9.58. The molecule has 0 unspecified atom stereocenters. The Hall–Kier alpha value is -1.59. The molecule has 1 aromatic carbocycles. The van der Waals surface area contributed by atoms with Crippen molar-refractivity contribution in [3.8, 4) is 11.4 Å². The summed E-state index contributed by atoms with van der Waals surface area (Å²) < 4.78 is 26.7. The molecular weight excluding hydrogens is 302 g/mol. The van der Waals surface area contributed by atoms with Crippen molar-refractivity contribution in [2.45, 2.75) is 13.3 Å². The van der Waals surface area contributed by atoms with Gasteiger partial charge in [-0.2, -0.15) is 0 Å². The van der Waals surface area contributed by atoms with Crippen LogP contribution in [0.4, 0.5) is 8.78 Å². The van der Waals surface area contributed by atoms with Gasteiger partial charge in [0.15, 0.2) is 5.82 Å². The van der Waals surface area contributed by atoms with E-state index in [0.717, 1.165) is 22.8 Å². The molecule has 2 aromatic heterocycles. The van der Waals surface area contributed by atoms with Crippen LogP contribution in [0.1, 0.15) is 11.8 Å². The summed E-state index contributed by atoms with van der Waals surface area (Å²) in [5, 5.41) is 1.05. The zero-order valence-corrected chi connectivity index (χ0v) is 12.0. The second-order valence-corrected chi connectivity index (χ2v) is 5.72. The molecule has 0 N–H and O–H groups in total. The van der Waals surface area contributed by atoms with Gasteiger partial charge in [0.05, 0.1) is 5.56 Å². The Bertz CT molecular complexity index is 801. The lowest BCUT2D eigenvalue weighted by molar-refractivity contribution is 0.585. The minimum atomic E-state index is -0.701. The van der Waals surface area contributed by atoms with Crippen LogP contribution in [0.15, 0.2) is 24.3 Å². The molecule has 0 fully saturated rings. The third-order valence-electron chi connectivity index (χ3n) is 2.92. The predicted octanol–water partition coefficient (Wildman–Crippen LogP) is 4.85. The molecule has 2 nitrogen and oxygen atoms in total. The second kappa shape index (κ2) is 5.07. The first-order valence-corrected chi connectivity index (χ1v) is 7.19. The maximum absolute atomic E-state index is 13.8. The lowest BCUT2D eigenvalue weighted by Crippen LogP contribution is -1.93. The largest absolute Gasteiger partial charge is 0.217 e. The Morgan fingerprint density at radius 2 is 2.00 bits per heavy atom. The average molecular weight is 311 g/mol. The molecule has 0 amide bonds. The maximum atomic E-state index is 13.8. The van der Waals surface area contributed by atoms with Crippen molar-refractivity contribution < 1.29 is 8.78 Å². The fourth-order valence-corrected chi connectivity index (χ4v) is 3.15. The van der Waals surface area contributed by atoms with Crippen molar-refractivity contribution in [2.75, 3.05) is 0 Å². The molecule has 0 aliphatic carbocycles. The highest BCUT2D eigenvalue weighted by atomic mass is 35.5. The number of aromatic nitrogens is 2. The van der Waals surface area contributed by atoms with E-state index < -0.39 is 11.6 Å². The van der Waals surface area contributed by atoms with Crippen LogP contribution in [0.5, 0.6) is 0 Å². The lowest BCUT2D eigenvalue weighted by Gasteiger charge is -2.03. The van der Waals surface area contributed by atoms with Crippen LogP contribution in [0.3, 0.4) is 0 Å². The molecule has 0 spiro atoms. The SMILES string of the molecule is CCc1cc2c(Cl)nc(-c3ccc(F)cc3F)nc2s1. The molecule has 0 atom stereocenters. The predicted molar refractivity (Wildman–Crippen MR) is 77.2 cm³/mol. The van der Waals surface area contributed by atoms with Gasteiger partial charge in [-0.3, -0.25) is 0 Å². The van der Waals surface area contributed by atoms with Gasteiger partial charge in [-0.15, -0.1) is 11.3 Å². The maximum Gasteiger partial charge on any atom is 0.165 e. The molecule has 20 heavy (non-hydrogen) atoms. The fraction of sp³-hybridized carbons (Fsp3) is 0.143. The normalized spacial score (nSPS) is 11.2. The van der Waals surface area contributed by atoms with Crippen LogP contribution in [0, 0.1) is 11.6 Å². The Labute approximate surface area is 123 Å². The van der Waals surface area contributed by atoms with E-state index in [1.165, 1.54) is 23.5 Å². The molecule has 0 saturated carbocycles. The first-order valence-electron chi connectivity index (χ1n) is 6.00. The molecule has 3 rings (SSSR count). The molecule has 2 heterocycles. The topological polar surface area (TPSA) is 25.8 Å². The van der Waals surface area contributed by atoms with Gasteiger partial charge in [0.2, 0.25) is 0 Å². The second-order valence-electron chi connectivity index (χ2n) is 4.25. The van der Waals surface area contributed by atoms with Gasteiger partial charge in [0.1, 0.15) is 21.6 Å². The van der Waals surface area contributed by atoms with E-state index >= 15 is 0 Å². The van der Waals surface area contributed by atoms with Gasteiger partial charge in [0, 0.05) is 16.3 Å². The van der Waals surface area contributed by atoms with Gasteiger partial charge in [-0.1, -0.05) is 18.5 Å². The standard InChI is InChI=1S/C14H9ClF2N2S/c1-2-8-6-10-12(15)18-13(19-14(10)20-8)9-4-3-7(16)5-11(9)17/h3-6H,2H2,1H3. The number of rotatable bonds is 2. The van der Waals surface area contributed by atoms with Gasteiger partial charge in [-0.05, 0) is 24.6 Å². The number of hydrogen-bond donors (Lipinski definition) is 0. The Kier molecular flexibility index (Phi) is 3.40. The number of halogens is 3. The Balaban J connectivity index is 2.21. The number of thiophene rings is 1. The van der Waals surface area contributed by atoms with Crippen molar-refractivity contribution >= 4 is 33.2 Å². The van der Waals surface area contributed by atoms with Crippen LogP contribution in [0.25, 0.3) is 21.6 Å². The monoisotopic (exact) mass is 310 g/mol. The Morgan fingerprint density at radius 1 is 1.20 bits per heavy atom. The highest BCUT2D eigenvalue weighted by Crippen LogP contribution is 2.32. The van der Waals surface area contributed by atoms with Gasteiger partial charge < -0.3 is 0 Å². The molecule has 0 bridgehead atoms. The van der Waals surface area contributed by atoms with Gasteiger partial charge in [-0.25, -0.2) is 18.7 Å². The third-order valence-corrected chi connectivity index (χ3v) is 4.38. The quantitative estimate of drug-likeness (QED) is 0.632. The summed E-state index contributed by atoms with van der Waals surface area (Å²) in [6.07, 6.45) is 0.873. The minimum absolute atomic E-state index is 0.140. The number of fused-ring (bicyclic) bond motifs is 1. The van der Waals surface area contributed by atoms with Crippen molar-refractivity contribution in [1.82, 2.24) is 9.97 Å². The molecule has 102 valence electrons. The average Bonchev–Trinajstić information content (AvgIpc) is 2.82. The van der Waals surface area contributed by atoms with E-state index in [2.05, 4.69) is 9.97 Å². The lowest BCUT2D eigenvalue weighted by atomic mass is 10.2. The van der Waals surface area contributed by atoms with Gasteiger partial charge >= 0.3 is 0 Å². The van der Waals surface area contributed by atoms with Crippen molar-refractivity contribution in [2.24, 2.45) is 0 Å². The molecular formula is C14H9ClF2N2S. The van der Waals surface area contributed by atoms with Gasteiger partial charge in [0.25, 0.3) is 0 Å². The zero-order valence-electron chi connectivity index (χ0n) is 10.5. The summed E-state index contributed by atoms with van der Waals surface area (Å²) in [7, 11) is 0. The van der Waals surface area contributed by atoms with Crippen molar-refractivity contribution in [3.05, 3.63) is 45.9 Å². The van der Waals surface area contributed by atoms with Crippen LogP contribution in [0.2, 0.25) is 5.15 Å². The summed E-state index contributed by atoms with van der Waals surface area (Å²) >= 11 is 7.62. The molecule has 6 heteroatoms. The summed E-state index contributed by atoms with van der Waals surface area (Å²) in [6, 6.07) is 5.23. The number of nitrogens with zero attached hydrogens (tertiary/aromatic N) is 2. The molecule has 3 aromatic rings. The van der Waals surface area contributed by atoms with E-state index in [4.69, 9.17) is 11.6 Å². The van der Waals surface area contributed by atoms with Crippen LogP contribution < -0.4 is 0 Å². The summed E-state index contributed by atoms with van der Waals surface area (Å²) in [5.41, 5.74) is 0.140. The smallest absolute Gasteiger partial charge is 0.165 e. The van der Waals surface area contributed by atoms with E-state index in [1.54, 1.807) is 0 Å². The Morgan fingerprint density at radius 3 is 2.70 bits per heavy atom. The minimum Gasteiger partial charge on any atom is -0.217 e. The number of benzene rings is 1. The molecule has 0 radical (unpaired) electrons. The number of aryl methyl sites for hydroxylation is 1. The van der Waals surface area contributed by atoms with E-state index in [-0.39, 0.29) is 16.5 Å². The summed E-state index contributed by atoms with van der Waals surface area (Å²) in [5.74, 6) is -1.17. The zero-order chi connectivity index (χ0) is 14.3. The fourth-order valence-electron chi connectivity index (χ4n) is 1.90. The van der Waals surface area contributed by atoms with E-state index in [0.29, 0.717) is 4.83 Å². The van der Waals surface area contributed by atoms with E-state index in [1.807, 2.05) is 13.0 Å². The first kappa shape index (κ1) is 13.4. The van der Waals surface area contributed by atoms with Crippen molar-refractivity contribution in [3.63, 3.8) is 0 Å². The van der Waals surface area contributed by atoms with Crippen molar-refractivity contribution in [1.29, 1.82) is 0 Å². The molecule has 0 aliphatic rings. The van der Waals surface area contributed by atoms with Crippen LogP contribution in [-0.4, -0.2) is 9.97 Å². The number of hydrogen-bond acceptors (Lipinski definition) is 3. The third kappa shape index (κ3) is 2.27. The highest BCUT2D eigenvalue weighted by molar-refractivity contribution is 7.18. The summed E-state index contributed by atoms with van der Waals surface area (Å²) in [4.78, 5) is 10.3. The highest BCUT2D eigenvalue weighted by Gasteiger charge is 2.14. The van der Waals surface area contributed by atoms with Crippen LogP contribution in [-0.2, 0) is 6.42 Å². The molecule has 0 aliphatic heterocycles. The molecule has 0 saturated heterocycles. The van der Waals surface area contributed by atoms with E-state index in [9.17, 15) is 8.78 Å². The summed E-state index contributed by atoms with van der Waals surface area (Å²) in [6.45, 7) is 2.03.